The molecule has 1 heterocycles. The number of allylic oxidation sites excluding steroid dienone is 1. The molecule has 0 spiro atoms. The summed E-state index contributed by atoms with van der Waals surface area (Å²) in [5.74, 6) is 0.260. The summed E-state index contributed by atoms with van der Waals surface area (Å²) in [4.78, 5) is 2.44. The molecule has 2 heteroatoms. The molecule has 0 saturated heterocycles. The van der Waals surface area contributed by atoms with Gasteiger partial charge in [-0.15, -0.1) is 0 Å². The highest BCUT2D eigenvalue weighted by Gasteiger charge is 2.46. The SMILES string of the molecule is C1=CC(c2ccc(N(c3ccc(-c4ccccc4)cc3)c3ccc4c(c3)C(c3ccccc3)(c3ccccc3)c3ccccc3-4)cc2)Cc2c1n(-c1ccccc1)c1ccccc21. The molecule has 0 amide bonds. The molecule has 0 saturated carbocycles. The number of fused-ring (bicyclic) bond motifs is 6. The van der Waals surface area contributed by atoms with Crippen molar-refractivity contribution < 1.29 is 0 Å². The van der Waals surface area contributed by atoms with Crippen LogP contribution in [0, 0.1) is 0 Å². The van der Waals surface area contributed by atoms with Gasteiger partial charge >= 0.3 is 0 Å². The number of rotatable bonds is 8. The fourth-order valence-electron chi connectivity index (χ4n) is 10.6. The van der Waals surface area contributed by atoms with Gasteiger partial charge in [0.15, 0.2) is 0 Å². The molecule has 63 heavy (non-hydrogen) atoms. The Balaban J connectivity index is 0.982. The Labute approximate surface area is 369 Å². The Morgan fingerprint density at radius 1 is 0.444 bits per heavy atom. The maximum absolute atomic E-state index is 2.46. The standard InChI is InChI=1S/C61H44N2/c1-5-17-43(18-6-1)44-29-34-50(35-30-44)62(51-36-31-45(32-37-51)46-33-40-60-56(41-46)55-26-14-16-28-59(55)63(60)49-23-11-4-12-24-49)52-38-39-54-53-25-13-15-27-57(53)61(58(54)42-52,47-19-7-2-8-20-47)48-21-9-3-10-22-48/h1-40,42,46H,41H2. The number of hydrogen-bond donors (Lipinski definition) is 0. The van der Waals surface area contributed by atoms with E-state index in [1.165, 1.54) is 77.9 Å². The van der Waals surface area contributed by atoms with Gasteiger partial charge in [0.05, 0.1) is 10.9 Å². The zero-order valence-electron chi connectivity index (χ0n) is 34.9. The zero-order chi connectivity index (χ0) is 41.7. The third-order valence-corrected chi connectivity index (χ3v) is 13.5. The second-order valence-corrected chi connectivity index (χ2v) is 16.8. The molecule has 0 bridgehead atoms. The highest BCUT2D eigenvalue weighted by Crippen LogP contribution is 2.57. The maximum atomic E-state index is 2.46. The highest BCUT2D eigenvalue weighted by molar-refractivity contribution is 5.92. The van der Waals surface area contributed by atoms with Gasteiger partial charge < -0.3 is 9.47 Å². The van der Waals surface area contributed by atoms with E-state index in [1.807, 2.05) is 0 Å². The average molecular weight is 805 g/mol. The van der Waals surface area contributed by atoms with Crippen molar-refractivity contribution in [3.05, 3.63) is 282 Å². The summed E-state index contributed by atoms with van der Waals surface area (Å²) in [6.07, 6.45) is 5.70. The molecule has 0 radical (unpaired) electrons. The lowest BCUT2D eigenvalue weighted by molar-refractivity contribution is 0.768. The van der Waals surface area contributed by atoms with Crippen LogP contribution in [-0.2, 0) is 11.8 Å². The first kappa shape index (κ1) is 36.9. The lowest BCUT2D eigenvalue weighted by Gasteiger charge is -2.35. The van der Waals surface area contributed by atoms with Gasteiger partial charge in [0.25, 0.3) is 0 Å². The predicted molar refractivity (Wildman–Crippen MR) is 263 cm³/mol. The fourth-order valence-corrected chi connectivity index (χ4v) is 10.6. The normalized spacial score (nSPS) is 14.5. The smallest absolute Gasteiger partial charge is 0.0714 e. The number of aromatic nitrogens is 1. The van der Waals surface area contributed by atoms with Crippen molar-refractivity contribution in [1.82, 2.24) is 4.57 Å². The van der Waals surface area contributed by atoms with Crippen LogP contribution in [0.3, 0.4) is 0 Å². The van der Waals surface area contributed by atoms with Gasteiger partial charge in [-0.05, 0) is 123 Å². The molecule has 298 valence electrons. The molecule has 1 atom stereocenters. The van der Waals surface area contributed by atoms with Gasteiger partial charge in [0.2, 0.25) is 0 Å². The molecular weight excluding hydrogens is 761 g/mol. The van der Waals surface area contributed by atoms with Crippen LogP contribution < -0.4 is 4.90 Å². The van der Waals surface area contributed by atoms with E-state index in [4.69, 9.17) is 0 Å². The van der Waals surface area contributed by atoms with E-state index in [2.05, 4.69) is 258 Å². The molecular formula is C61H44N2. The van der Waals surface area contributed by atoms with Crippen molar-refractivity contribution >= 4 is 34.0 Å². The van der Waals surface area contributed by atoms with Crippen LogP contribution >= 0.6 is 0 Å². The average Bonchev–Trinajstić information content (AvgIpc) is 3.86. The molecule has 2 aliphatic rings. The molecule has 1 aromatic heterocycles. The van der Waals surface area contributed by atoms with Crippen LogP contribution in [0.15, 0.2) is 243 Å². The van der Waals surface area contributed by atoms with Crippen molar-refractivity contribution in [3.63, 3.8) is 0 Å². The Kier molecular flexibility index (Phi) is 8.90. The van der Waals surface area contributed by atoms with E-state index in [-0.39, 0.29) is 5.92 Å². The Hall–Kier alpha value is -7.94. The van der Waals surface area contributed by atoms with Crippen molar-refractivity contribution in [2.24, 2.45) is 0 Å². The van der Waals surface area contributed by atoms with E-state index >= 15 is 0 Å². The number of hydrogen-bond acceptors (Lipinski definition) is 1. The minimum absolute atomic E-state index is 0.260. The summed E-state index contributed by atoms with van der Waals surface area (Å²) in [6, 6.07) is 86.9. The Morgan fingerprint density at radius 2 is 0.984 bits per heavy atom. The molecule has 2 aliphatic carbocycles. The summed E-state index contributed by atoms with van der Waals surface area (Å²) >= 11 is 0. The first-order chi connectivity index (χ1) is 31.3. The van der Waals surface area contributed by atoms with Gasteiger partial charge in [-0.2, -0.15) is 0 Å². The molecule has 9 aromatic carbocycles. The van der Waals surface area contributed by atoms with Crippen molar-refractivity contribution in [2.45, 2.75) is 17.8 Å². The van der Waals surface area contributed by atoms with E-state index in [0.717, 1.165) is 23.5 Å². The van der Waals surface area contributed by atoms with Gasteiger partial charge in [-0.1, -0.05) is 188 Å². The topological polar surface area (TPSA) is 8.17 Å². The minimum atomic E-state index is -0.493. The molecule has 0 N–H and O–H groups in total. The van der Waals surface area contributed by atoms with E-state index < -0.39 is 5.41 Å². The molecule has 0 aliphatic heterocycles. The second kappa shape index (κ2) is 15.2. The van der Waals surface area contributed by atoms with Crippen LogP contribution in [-0.4, -0.2) is 4.57 Å². The van der Waals surface area contributed by atoms with Gasteiger partial charge in [0.1, 0.15) is 0 Å². The summed E-state index contributed by atoms with van der Waals surface area (Å²) < 4.78 is 2.42. The molecule has 0 fully saturated rings. The third kappa shape index (κ3) is 6.02. The molecule has 1 unspecified atom stereocenters. The number of anilines is 3. The van der Waals surface area contributed by atoms with Crippen LogP contribution in [0.25, 0.3) is 44.9 Å². The van der Waals surface area contributed by atoms with Gasteiger partial charge in [-0.25, -0.2) is 0 Å². The van der Waals surface area contributed by atoms with Gasteiger partial charge in [0, 0.05) is 39.7 Å². The van der Waals surface area contributed by atoms with E-state index in [0.29, 0.717) is 0 Å². The number of benzene rings is 9. The zero-order valence-corrected chi connectivity index (χ0v) is 34.9. The van der Waals surface area contributed by atoms with Gasteiger partial charge in [-0.3, -0.25) is 0 Å². The van der Waals surface area contributed by atoms with Crippen molar-refractivity contribution in [2.75, 3.05) is 4.90 Å². The summed E-state index contributed by atoms with van der Waals surface area (Å²) in [7, 11) is 0. The molecule has 2 nitrogen and oxygen atoms in total. The first-order valence-electron chi connectivity index (χ1n) is 22.0. The van der Waals surface area contributed by atoms with E-state index in [1.54, 1.807) is 0 Å². The Bertz CT molecular complexity index is 3230. The predicted octanol–water partition coefficient (Wildman–Crippen LogP) is 15.5. The maximum Gasteiger partial charge on any atom is 0.0714 e. The summed E-state index contributed by atoms with van der Waals surface area (Å²) in [5.41, 5.74) is 19.4. The lowest BCUT2D eigenvalue weighted by atomic mass is 9.67. The number of para-hydroxylation sites is 2. The summed E-state index contributed by atoms with van der Waals surface area (Å²) in [5, 5.41) is 1.33. The fraction of sp³-hybridized carbons (Fsp3) is 0.0492. The van der Waals surface area contributed by atoms with Crippen molar-refractivity contribution in [3.8, 4) is 27.9 Å². The van der Waals surface area contributed by atoms with Crippen LogP contribution in [0.5, 0.6) is 0 Å². The largest absolute Gasteiger partial charge is 0.310 e. The molecule has 10 aromatic rings. The molecule has 12 rings (SSSR count). The Morgan fingerprint density at radius 3 is 1.68 bits per heavy atom. The third-order valence-electron chi connectivity index (χ3n) is 13.5. The second-order valence-electron chi connectivity index (χ2n) is 16.8. The minimum Gasteiger partial charge on any atom is -0.310 e. The lowest BCUT2D eigenvalue weighted by Crippen LogP contribution is -2.28. The monoisotopic (exact) mass is 804 g/mol. The summed E-state index contributed by atoms with van der Waals surface area (Å²) in [6.45, 7) is 0. The van der Waals surface area contributed by atoms with Crippen molar-refractivity contribution in [1.29, 1.82) is 0 Å². The van der Waals surface area contributed by atoms with E-state index in [9.17, 15) is 0 Å². The highest BCUT2D eigenvalue weighted by atomic mass is 15.1. The first-order valence-corrected chi connectivity index (χ1v) is 22.0. The van der Waals surface area contributed by atoms with Crippen LogP contribution in [0.2, 0.25) is 0 Å². The van der Waals surface area contributed by atoms with Crippen LogP contribution in [0.4, 0.5) is 17.1 Å². The number of nitrogens with zero attached hydrogens (tertiary/aromatic N) is 2. The quantitative estimate of drug-likeness (QED) is 0.149. The van der Waals surface area contributed by atoms with Crippen LogP contribution in [0.1, 0.15) is 45.0 Å².